The molecule has 140 valence electrons. The van der Waals surface area contributed by atoms with Crippen molar-refractivity contribution in [2.75, 3.05) is 31.8 Å². The number of benzene rings is 1. The highest BCUT2D eigenvalue weighted by Crippen LogP contribution is 2.35. The number of carbonyl (C=O) groups excluding carboxylic acids is 2. The number of carbonyl (C=O) groups is 3. The van der Waals surface area contributed by atoms with Crippen molar-refractivity contribution in [1.29, 1.82) is 0 Å². The number of amides is 2. The highest BCUT2D eigenvalue weighted by Gasteiger charge is 2.36. The second kappa shape index (κ2) is 7.35. The molecule has 1 atom stereocenters. The first kappa shape index (κ1) is 19.1. The quantitative estimate of drug-likeness (QED) is 0.502. The predicted octanol–water partition coefficient (Wildman–Crippen LogP) is -0.0739. The van der Waals surface area contributed by atoms with Gasteiger partial charge in [-0.25, -0.2) is 4.79 Å². The fraction of sp³-hybridized carbons (Fsp3) is 0.400. The van der Waals surface area contributed by atoms with Gasteiger partial charge in [-0.1, -0.05) is 0 Å². The van der Waals surface area contributed by atoms with E-state index in [0.717, 1.165) is 11.0 Å². The number of hydrogen-bond donors (Lipinski definition) is 2. The summed E-state index contributed by atoms with van der Waals surface area (Å²) in [6, 6.07) is 3.66. The SMILES string of the molecule is COCC(C)(NC(=O)CN1C(=O)COc2ccc([N+](=O)[O-])cc21)C(=O)O. The zero-order chi connectivity index (χ0) is 19.5. The minimum atomic E-state index is -1.69. The van der Waals surface area contributed by atoms with Crippen LogP contribution >= 0.6 is 0 Å². The molecular formula is C15H17N3O8. The molecule has 2 amide bonds. The zero-order valence-electron chi connectivity index (χ0n) is 14.1. The first-order valence-electron chi connectivity index (χ1n) is 7.43. The Bertz CT molecular complexity index is 765. The van der Waals surface area contributed by atoms with Crippen LogP contribution in [0.4, 0.5) is 11.4 Å². The standard InChI is InChI=1S/C15H17N3O8/c1-15(8-25-2,14(21)22)16-12(19)6-17-10-5-9(18(23)24)3-4-11(10)26-7-13(17)20/h3-5H,6-8H2,1-2H3,(H,16,19)(H,21,22). The molecule has 1 aliphatic rings. The summed E-state index contributed by atoms with van der Waals surface area (Å²) in [6.07, 6.45) is 0. The molecule has 1 heterocycles. The maximum atomic E-state index is 12.3. The number of nitrogens with zero attached hydrogens (tertiary/aromatic N) is 2. The van der Waals surface area contributed by atoms with Crippen LogP contribution in [-0.4, -0.2) is 60.2 Å². The fourth-order valence-electron chi connectivity index (χ4n) is 2.41. The van der Waals surface area contributed by atoms with Gasteiger partial charge in [0.2, 0.25) is 5.91 Å². The molecule has 0 aliphatic carbocycles. The van der Waals surface area contributed by atoms with E-state index in [1.165, 1.54) is 26.2 Å². The highest BCUT2D eigenvalue weighted by molar-refractivity contribution is 6.03. The summed E-state index contributed by atoms with van der Waals surface area (Å²) in [7, 11) is 1.29. The molecule has 0 fully saturated rings. The Labute approximate surface area is 147 Å². The number of nitro benzene ring substituents is 1. The van der Waals surface area contributed by atoms with Gasteiger partial charge in [-0.15, -0.1) is 0 Å². The van der Waals surface area contributed by atoms with Gasteiger partial charge in [0.15, 0.2) is 12.1 Å². The van der Waals surface area contributed by atoms with Crippen LogP contribution in [0.3, 0.4) is 0 Å². The molecule has 0 radical (unpaired) electrons. The van der Waals surface area contributed by atoms with E-state index in [1.54, 1.807) is 0 Å². The third-order valence-electron chi connectivity index (χ3n) is 3.72. The number of non-ortho nitro benzene ring substituents is 1. The number of nitro groups is 1. The molecular weight excluding hydrogens is 350 g/mol. The summed E-state index contributed by atoms with van der Waals surface area (Å²) in [5.74, 6) is -2.45. The molecule has 0 aromatic heterocycles. The molecule has 0 spiro atoms. The summed E-state index contributed by atoms with van der Waals surface area (Å²) in [5.41, 5.74) is -1.90. The number of rotatable bonds is 7. The van der Waals surface area contributed by atoms with Gasteiger partial charge in [-0.05, 0) is 13.0 Å². The van der Waals surface area contributed by atoms with E-state index in [9.17, 15) is 29.6 Å². The van der Waals surface area contributed by atoms with Crippen LogP contribution in [0.5, 0.6) is 5.75 Å². The summed E-state index contributed by atoms with van der Waals surface area (Å²) in [5, 5.41) is 22.5. The van der Waals surface area contributed by atoms with E-state index >= 15 is 0 Å². The third-order valence-corrected chi connectivity index (χ3v) is 3.72. The van der Waals surface area contributed by atoms with Crippen molar-refractivity contribution in [2.45, 2.75) is 12.5 Å². The van der Waals surface area contributed by atoms with Gasteiger partial charge in [-0.3, -0.25) is 24.6 Å². The molecule has 26 heavy (non-hydrogen) atoms. The van der Waals surface area contributed by atoms with Crippen molar-refractivity contribution < 1.29 is 33.9 Å². The van der Waals surface area contributed by atoms with E-state index in [0.29, 0.717) is 0 Å². The molecule has 1 aliphatic heterocycles. The van der Waals surface area contributed by atoms with Crippen LogP contribution in [0.25, 0.3) is 0 Å². The van der Waals surface area contributed by atoms with Crippen molar-refractivity contribution in [3.8, 4) is 5.75 Å². The Hall–Kier alpha value is -3.21. The lowest BCUT2D eigenvalue weighted by molar-refractivity contribution is -0.384. The molecule has 0 bridgehead atoms. The van der Waals surface area contributed by atoms with E-state index in [-0.39, 0.29) is 30.3 Å². The molecule has 11 heteroatoms. The van der Waals surface area contributed by atoms with Crippen LogP contribution in [0.1, 0.15) is 6.92 Å². The summed E-state index contributed by atoms with van der Waals surface area (Å²) < 4.78 is 10.0. The number of methoxy groups -OCH3 is 1. The van der Waals surface area contributed by atoms with E-state index in [4.69, 9.17) is 9.47 Å². The van der Waals surface area contributed by atoms with Crippen molar-refractivity contribution in [3.63, 3.8) is 0 Å². The number of anilines is 1. The number of carboxylic acids is 1. The second-order valence-corrected chi connectivity index (χ2v) is 5.80. The maximum absolute atomic E-state index is 12.3. The van der Waals surface area contributed by atoms with Crippen LogP contribution < -0.4 is 15.0 Å². The van der Waals surface area contributed by atoms with Crippen LogP contribution in [0.2, 0.25) is 0 Å². The Morgan fingerprint density at radius 2 is 2.19 bits per heavy atom. The smallest absolute Gasteiger partial charge is 0.331 e. The topological polar surface area (TPSA) is 148 Å². The van der Waals surface area contributed by atoms with E-state index in [2.05, 4.69) is 5.32 Å². The highest BCUT2D eigenvalue weighted by atomic mass is 16.6. The monoisotopic (exact) mass is 367 g/mol. The number of hydrogen-bond acceptors (Lipinski definition) is 7. The Balaban J connectivity index is 2.25. The summed E-state index contributed by atoms with van der Waals surface area (Å²) in [4.78, 5) is 47.0. The molecule has 1 aromatic rings. The normalized spacial score (nSPS) is 15.5. The van der Waals surface area contributed by atoms with Gasteiger partial charge in [0, 0.05) is 19.2 Å². The van der Waals surface area contributed by atoms with Crippen LogP contribution in [-0.2, 0) is 19.1 Å². The average Bonchev–Trinajstić information content (AvgIpc) is 2.57. The molecule has 11 nitrogen and oxygen atoms in total. The predicted molar refractivity (Wildman–Crippen MR) is 87.0 cm³/mol. The van der Waals surface area contributed by atoms with Gasteiger partial charge < -0.3 is 19.9 Å². The number of ether oxygens (including phenoxy) is 2. The van der Waals surface area contributed by atoms with Gasteiger partial charge in [-0.2, -0.15) is 0 Å². The minimum Gasteiger partial charge on any atom is -0.482 e. The number of nitrogens with one attached hydrogen (secondary N) is 1. The van der Waals surface area contributed by atoms with Crippen LogP contribution in [0.15, 0.2) is 18.2 Å². The molecule has 1 unspecified atom stereocenters. The third kappa shape index (κ3) is 3.88. The number of aliphatic carboxylic acids is 1. The Morgan fingerprint density at radius 1 is 1.50 bits per heavy atom. The first-order valence-corrected chi connectivity index (χ1v) is 7.43. The minimum absolute atomic E-state index is 0.0642. The summed E-state index contributed by atoms with van der Waals surface area (Å²) in [6.45, 7) is 0.110. The number of carboxylic acid groups (broad SMARTS) is 1. The molecule has 1 aromatic carbocycles. The van der Waals surface area contributed by atoms with Crippen LogP contribution in [0, 0.1) is 10.1 Å². The Kier molecular flexibility index (Phi) is 5.41. The van der Waals surface area contributed by atoms with Gasteiger partial charge in [0.1, 0.15) is 12.3 Å². The lowest BCUT2D eigenvalue weighted by atomic mass is 10.0. The van der Waals surface area contributed by atoms with E-state index < -0.39 is 34.8 Å². The second-order valence-electron chi connectivity index (χ2n) is 5.80. The first-order chi connectivity index (χ1) is 12.2. The zero-order valence-corrected chi connectivity index (χ0v) is 14.1. The molecule has 2 N–H and O–H groups in total. The summed E-state index contributed by atoms with van der Waals surface area (Å²) >= 11 is 0. The maximum Gasteiger partial charge on any atom is 0.331 e. The Morgan fingerprint density at radius 3 is 2.77 bits per heavy atom. The van der Waals surface area contributed by atoms with Crippen molar-refractivity contribution in [2.24, 2.45) is 0 Å². The van der Waals surface area contributed by atoms with Gasteiger partial charge >= 0.3 is 5.97 Å². The fourth-order valence-corrected chi connectivity index (χ4v) is 2.41. The molecule has 2 rings (SSSR count). The van der Waals surface area contributed by atoms with Crippen molar-refractivity contribution in [3.05, 3.63) is 28.3 Å². The van der Waals surface area contributed by atoms with Gasteiger partial charge in [0.05, 0.1) is 17.2 Å². The molecule has 0 saturated heterocycles. The largest absolute Gasteiger partial charge is 0.482 e. The number of fused-ring (bicyclic) bond motifs is 1. The van der Waals surface area contributed by atoms with Crippen molar-refractivity contribution >= 4 is 29.2 Å². The van der Waals surface area contributed by atoms with Crippen molar-refractivity contribution in [1.82, 2.24) is 5.32 Å². The van der Waals surface area contributed by atoms with Gasteiger partial charge in [0.25, 0.3) is 11.6 Å². The average molecular weight is 367 g/mol. The lowest BCUT2D eigenvalue weighted by Crippen LogP contribution is -2.58. The molecule has 0 saturated carbocycles. The van der Waals surface area contributed by atoms with E-state index in [1.807, 2.05) is 0 Å². The lowest BCUT2D eigenvalue weighted by Gasteiger charge is -2.30.